The molecule has 1 radical (unpaired) electrons. The van der Waals surface area contributed by atoms with Gasteiger partial charge < -0.3 is 15.2 Å². The van der Waals surface area contributed by atoms with Crippen LogP contribution in [0.2, 0.25) is 6.82 Å². The molecule has 1 aliphatic heterocycles. The second kappa shape index (κ2) is 6.90. The number of hydrogen-bond donors (Lipinski definition) is 2. The first kappa shape index (κ1) is 15.8. The Kier molecular flexibility index (Phi) is 5.19. The molecule has 21 heavy (non-hydrogen) atoms. The Balaban J connectivity index is 2.43. The van der Waals surface area contributed by atoms with Crippen LogP contribution in [0.3, 0.4) is 0 Å². The number of Topliss-reactive ketones (excluding diaryl/α,β-unsaturated/α-hetero) is 1. The second-order valence-electron chi connectivity index (χ2n) is 4.45. The number of carbonyl (C=O) groups excluding carboxylic acids is 2. The number of aliphatic hydroxyl groups excluding tert-OH is 1. The third-order valence-corrected chi connectivity index (χ3v) is 3.75. The van der Waals surface area contributed by atoms with Gasteiger partial charge >= 0.3 is 0 Å². The van der Waals surface area contributed by atoms with Gasteiger partial charge in [-0.1, -0.05) is 18.6 Å². The average molecular weight is 307 g/mol. The van der Waals surface area contributed by atoms with E-state index in [0.717, 1.165) is 0 Å². The summed E-state index contributed by atoms with van der Waals surface area (Å²) in [4.78, 5) is 34.4. The van der Waals surface area contributed by atoms with Gasteiger partial charge in [0.1, 0.15) is 11.9 Å². The Hall–Kier alpha value is -1.61. The van der Waals surface area contributed by atoms with Crippen molar-refractivity contribution in [2.75, 3.05) is 24.3 Å². The number of nitrogens with zero attached hydrogens (tertiary/aromatic N) is 3. The number of amides is 1. The maximum atomic E-state index is 12.2. The van der Waals surface area contributed by atoms with Crippen molar-refractivity contribution in [3.05, 3.63) is 11.8 Å². The monoisotopic (exact) mass is 307 g/mol. The van der Waals surface area contributed by atoms with Gasteiger partial charge in [0.2, 0.25) is 13.3 Å². The lowest BCUT2D eigenvalue weighted by atomic mass is 9.94. The minimum atomic E-state index is -0.669. The van der Waals surface area contributed by atoms with Gasteiger partial charge in [-0.05, 0) is 6.26 Å². The molecule has 2 N–H and O–H groups in total. The number of thioether (sulfide) groups is 1. The molecule has 111 valence electrons. The maximum absolute atomic E-state index is 12.2. The summed E-state index contributed by atoms with van der Waals surface area (Å²) >= 11 is 1.35. The van der Waals surface area contributed by atoms with E-state index in [2.05, 4.69) is 15.2 Å². The lowest BCUT2D eigenvalue weighted by Crippen LogP contribution is -2.52. The fourth-order valence-corrected chi connectivity index (χ4v) is 2.59. The van der Waals surface area contributed by atoms with Crippen LogP contribution in [0.5, 0.6) is 0 Å². The highest BCUT2D eigenvalue weighted by Crippen LogP contribution is 2.29. The number of ketones is 1. The molecule has 1 amide bonds. The quantitative estimate of drug-likeness (QED) is 0.439. The van der Waals surface area contributed by atoms with Crippen LogP contribution in [0.1, 0.15) is 16.8 Å². The number of fused-ring (bicyclic) bond motifs is 1. The summed E-state index contributed by atoms with van der Waals surface area (Å²) in [6.45, 7) is 1.79. The zero-order valence-corrected chi connectivity index (χ0v) is 12.7. The Morgan fingerprint density at radius 3 is 3.05 bits per heavy atom. The number of rotatable bonds is 5. The van der Waals surface area contributed by atoms with Gasteiger partial charge in [0.15, 0.2) is 10.9 Å². The number of hydrogen-bond acceptors (Lipinski definition) is 7. The number of nitrogens with one attached hydrogen (secondary N) is 1. The molecule has 9 heteroatoms. The molecule has 1 aliphatic rings. The first-order chi connectivity index (χ1) is 10.1. The highest BCUT2D eigenvalue weighted by molar-refractivity contribution is 7.98. The topological polar surface area (TPSA) is 95.4 Å². The zero-order chi connectivity index (χ0) is 15.4. The summed E-state index contributed by atoms with van der Waals surface area (Å²) in [5.74, 6) is -0.0340. The Morgan fingerprint density at radius 2 is 2.43 bits per heavy atom. The van der Waals surface area contributed by atoms with Gasteiger partial charge in [0.05, 0.1) is 12.2 Å². The molecule has 2 rings (SSSR count). The predicted molar refractivity (Wildman–Crippen MR) is 80.7 cm³/mol. The fraction of sp³-hybridized carbons (Fsp3) is 0.500. The molecule has 0 aliphatic carbocycles. The first-order valence-corrected chi connectivity index (χ1v) is 7.74. The molecule has 1 aromatic heterocycles. The number of aromatic nitrogens is 2. The molecule has 1 unspecified atom stereocenters. The van der Waals surface area contributed by atoms with Crippen LogP contribution >= 0.6 is 11.8 Å². The Morgan fingerprint density at radius 1 is 1.67 bits per heavy atom. The Bertz CT molecular complexity index is 557. The highest BCUT2D eigenvalue weighted by atomic mass is 32.2. The molecule has 2 heterocycles. The summed E-state index contributed by atoms with van der Waals surface area (Å²) in [6.07, 6.45) is 3.37. The van der Waals surface area contributed by atoms with E-state index >= 15 is 0 Å². The third kappa shape index (κ3) is 3.19. The van der Waals surface area contributed by atoms with E-state index in [1.807, 2.05) is 6.26 Å². The van der Waals surface area contributed by atoms with Crippen molar-refractivity contribution in [1.82, 2.24) is 15.2 Å². The number of carbonyl (C=O) groups is 2. The van der Waals surface area contributed by atoms with E-state index in [1.54, 1.807) is 11.7 Å². The molecule has 0 saturated carbocycles. The van der Waals surface area contributed by atoms with E-state index in [4.69, 9.17) is 0 Å². The number of aliphatic hydroxyl groups is 1. The normalized spacial score (nSPS) is 17.4. The van der Waals surface area contributed by atoms with Crippen LogP contribution in [0, 0.1) is 0 Å². The van der Waals surface area contributed by atoms with Crippen molar-refractivity contribution in [3.8, 4) is 0 Å². The van der Waals surface area contributed by atoms with Crippen LogP contribution in [-0.4, -0.2) is 59.6 Å². The third-order valence-electron chi connectivity index (χ3n) is 3.19. The largest absolute Gasteiger partial charge is 0.402 e. The molecule has 0 saturated heterocycles. The van der Waals surface area contributed by atoms with Crippen molar-refractivity contribution in [2.24, 2.45) is 0 Å². The first-order valence-electron chi connectivity index (χ1n) is 6.52. The van der Waals surface area contributed by atoms with Crippen LogP contribution in [0.25, 0.3) is 0 Å². The minimum absolute atomic E-state index is 0.0502. The number of β-amino-alcohol motifs (C(OH)–C–C–N with tert-alkyl or cyclic N) is 1. The van der Waals surface area contributed by atoms with Crippen molar-refractivity contribution in [3.63, 3.8) is 0 Å². The smallest absolute Gasteiger partial charge is 0.242 e. The van der Waals surface area contributed by atoms with E-state index in [9.17, 15) is 14.7 Å². The lowest BCUT2D eigenvalue weighted by molar-refractivity contribution is -0.120. The number of anilines is 1. The summed E-state index contributed by atoms with van der Waals surface area (Å²) in [6, 6.07) is -0.669. The van der Waals surface area contributed by atoms with E-state index in [-0.39, 0.29) is 31.3 Å². The lowest BCUT2D eigenvalue weighted by Gasteiger charge is -2.35. The standard InChI is InChI=1S/C12H16BN4O3S/c1-13-16-11(20)8-5-9(19)7-6-14-12(21-2)15-10(7)17(8)3-4-18/h6,8,18H,3-5H2,1-2H3,(H,16,20). The van der Waals surface area contributed by atoms with Gasteiger partial charge in [-0.3, -0.25) is 9.59 Å². The predicted octanol–water partition coefficient (Wildman–Crippen LogP) is -0.264. The summed E-state index contributed by atoms with van der Waals surface area (Å²) in [5.41, 5.74) is 0.394. The van der Waals surface area contributed by atoms with Crippen LogP contribution in [0.15, 0.2) is 11.4 Å². The maximum Gasteiger partial charge on any atom is 0.242 e. The summed E-state index contributed by atoms with van der Waals surface area (Å²) in [5, 5.41) is 12.4. The molecule has 0 spiro atoms. The highest BCUT2D eigenvalue weighted by Gasteiger charge is 2.36. The fourth-order valence-electron chi connectivity index (χ4n) is 2.26. The van der Waals surface area contributed by atoms with E-state index < -0.39 is 6.04 Å². The van der Waals surface area contributed by atoms with E-state index in [1.165, 1.54) is 25.4 Å². The minimum Gasteiger partial charge on any atom is -0.402 e. The van der Waals surface area contributed by atoms with E-state index in [0.29, 0.717) is 16.5 Å². The molecule has 0 bridgehead atoms. The molecule has 0 fully saturated rings. The summed E-state index contributed by atoms with van der Waals surface area (Å²) in [7, 11) is 1.52. The van der Waals surface area contributed by atoms with Gasteiger partial charge in [-0.25, -0.2) is 9.97 Å². The van der Waals surface area contributed by atoms with Crippen LogP contribution in [-0.2, 0) is 4.79 Å². The second-order valence-corrected chi connectivity index (χ2v) is 5.22. The average Bonchev–Trinajstić information content (AvgIpc) is 2.49. The summed E-state index contributed by atoms with van der Waals surface area (Å²) < 4.78 is 0. The van der Waals surface area contributed by atoms with Crippen molar-refractivity contribution >= 4 is 36.7 Å². The molecule has 7 nitrogen and oxygen atoms in total. The van der Waals surface area contributed by atoms with Crippen molar-refractivity contribution < 1.29 is 14.7 Å². The Labute approximate surface area is 127 Å². The van der Waals surface area contributed by atoms with Gasteiger partial charge in [-0.15, -0.1) is 0 Å². The molecule has 1 atom stereocenters. The van der Waals surface area contributed by atoms with Gasteiger partial charge in [-0.2, -0.15) is 0 Å². The zero-order valence-electron chi connectivity index (χ0n) is 11.9. The van der Waals surface area contributed by atoms with Crippen molar-refractivity contribution in [2.45, 2.75) is 24.4 Å². The van der Waals surface area contributed by atoms with Crippen molar-refractivity contribution in [1.29, 1.82) is 0 Å². The van der Waals surface area contributed by atoms with Crippen LogP contribution in [0.4, 0.5) is 5.82 Å². The molecule has 0 aromatic carbocycles. The van der Waals surface area contributed by atoms with Gasteiger partial charge in [0.25, 0.3) is 0 Å². The van der Waals surface area contributed by atoms with Crippen LogP contribution < -0.4 is 10.1 Å². The molecular weight excluding hydrogens is 291 g/mol. The molecule has 1 aromatic rings. The SMILES string of the molecule is C[B]NC(=O)C1CC(=O)c2cnc(SC)nc2N1CCO. The molecular formula is C12H16BN4O3S. The van der Waals surface area contributed by atoms with Gasteiger partial charge in [0, 0.05) is 19.2 Å².